The zero-order chi connectivity index (χ0) is 18.9. The molecule has 1 aromatic carbocycles. The van der Waals surface area contributed by atoms with Gasteiger partial charge in [0.15, 0.2) is 0 Å². The molecule has 5 nitrogen and oxygen atoms in total. The van der Waals surface area contributed by atoms with E-state index in [9.17, 15) is 9.59 Å². The van der Waals surface area contributed by atoms with E-state index < -0.39 is 23.7 Å². The Morgan fingerprint density at radius 1 is 1.08 bits per heavy atom. The molecule has 25 heavy (non-hydrogen) atoms. The van der Waals surface area contributed by atoms with E-state index in [4.69, 9.17) is 9.47 Å². The van der Waals surface area contributed by atoms with Crippen LogP contribution in [0.4, 0.5) is 4.79 Å². The molecule has 1 amide bonds. The number of nitrogens with one attached hydrogen (secondary N) is 1. The van der Waals surface area contributed by atoms with Crippen molar-refractivity contribution in [1.29, 1.82) is 0 Å². The molecule has 1 N–H and O–H groups in total. The normalized spacial score (nSPS) is 12.6. The van der Waals surface area contributed by atoms with E-state index in [0.717, 1.165) is 18.4 Å². The van der Waals surface area contributed by atoms with Crippen LogP contribution in [-0.4, -0.2) is 30.3 Å². The van der Waals surface area contributed by atoms with Gasteiger partial charge in [0.2, 0.25) is 0 Å². The van der Waals surface area contributed by atoms with Crippen molar-refractivity contribution in [1.82, 2.24) is 5.32 Å². The third kappa shape index (κ3) is 8.57. The Kier molecular flexibility index (Phi) is 8.46. The van der Waals surface area contributed by atoms with Gasteiger partial charge in [-0.1, -0.05) is 57.0 Å². The lowest BCUT2D eigenvalue weighted by molar-refractivity contribution is -0.147. The first-order valence-electron chi connectivity index (χ1n) is 8.95. The lowest BCUT2D eigenvalue weighted by Gasteiger charge is -2.23. The molecule has 0 fully saturated rings. The predicted molar refractivity (Wildman–Crippen MR) is 98.3 cm³/mol. The van der Waals surface area contributed by atoms with E-state index in [1.165, 1.54) is 0 Å². The van der Waals surface area contributed by atoms with Crippen LogP contribution in [0.25, 0.3) is 0 Å². The minimum Gasteiger partial charge on any atom is -0.464 e. The molecule has 0 aliphatic carbocycles. The van der Waals surface area contributed by atoms with Gasteiger partial charge in [-0.05, 0) is 32.3 Å². The summed E-state index contributed by atoms with van der Waals surface area (Å²) in [4.78, 5) is 24.6. The van der Waals surface area contributed by atoms with Crippen molar-refractivity contribution >= 4 is 12.1 Å². The maximum Gasteiger partial charge on any atom is 0.408 e. The Bertz CT molecular complexity index is 532. The van der Waals surface area contributed by atoms with E-state index >= 15 is 0 Å². The van der Waals surface area contributed by atoms with Gasteiger partial charge in [0.05, 0.1) is 6.61 Å². The zero-order valence-electron chi connectivity index (χ0n) is 16.0. The Hall–Kier alpha value is -2.04. The number of hydrogen-bond donors (Lipinski definition) is 1. The molecule has 0 aliphatic heterocycles. The van der Waals surface area contributed by atoms with Crippen LogP contribution in [0.2, 0.25) is 0 Å². The zero-order valence-corrected chi connectivity index (χ0v) is 16.0. The standard InChI is InChI=1S/C20H31NO4/c1-6-15(7-2)14-24-18(22)17(13-16-11-9-8-10-12-16)21-19(23)25-20(3,4)5/h8-12,15,17H,6-7,13-14H2,1-5H3,(H,21,23)/t17-/m0/s1. The first kappa shape index (κ1) is 21.0. The van der Waals surface area contributed by atoms with Gasteiger partial charge in [-0.15, -0.1) is 0 Å². The molecular formula is C20H31NO4. The molecule has 0 heterocycles. The highest BCUT2D eigenvalue weighted by atomic mass is 16.6. The highest BCUT2D eigenvalue weighted by Gasteiger charge is 2.26. The van der Waals surface area contributed by atoms with Crippen LogP contribution in [0.1, 0.15) is 53.0 Å². The number of ether oxygens (including phenoxy) is 2. The summed E-state index contributed by atoms with van der Waals surface area (Å²) in [7, 11) is 0. The average molecular weight is 349 g/mol. The number of benzene rings is 1. The first-order valence-corrected chi connectivity index (χ1v) is 8.95. The van der Waals surface area contributed by atoms with E-state index in [-0.39, 0.29) is 0 Å². The molecule has 140 valence electrons. The number of esters is 1. The Morgan fingerprint density at radius 3 is 2.20 bits per heavy atom. The van der Waals surface area contributed by atoms with Gasteiger partial charge >= 0.3 is 12.1 Å². The maximum absolute atomic E-state index is 12.5. The Morgan fingerprint density at radius 2 is 1.68 bits per heavy atom. The second-order valence-corrected chi connectivity index (χ2v) is 7.20. The number of alkyl carbamates (subject to hydrolysis) is 1. The van der Waals surface area contributed by atoms with Crippen molar-refractivity contribution in [3.63, 3.8) is 0 Å². The van der Waals surface area contributed by atoms with Crippen LogP contribution in [0.3, 0.4) is 0 Å². The minimum absolute atomic E-state index is 0.336. The van der Waals surface area contributed by atoms with Crippen molar-refractivity contribution < 1.29 is 19.1 Å². The number of carbonyl (C=O) groups excluding carboxylic acids is 2. The van der Waals surface area contributed by atoms with E-state index in [1.807, 2.05) is 30.3 Å². The average Bonchev–Trinajstić information content (AvgIpc) is 2.54. The summed E-state index contributed by atoms with van der Waals surface area (Å²) < 4.78 is 10.7. The summed E-state index contributed by atoms with van der Waals surface area (Å²) in [6.45, 7) is 9.86. The molecule has 1 aromatic rings. The Balaban J connectivity index is 2.76. The van der Waals surface area contributed by atoms with Gasteiger partial charge in [0.1, 0.15) is 11.6 Å². The smallest absolute Gasteiger partial charge is 0.408 e. The number of carbonyl (C=O) groups is 2. The summed E-state index contributed by atoms with van der Waals surface area (Å²) in [6.07, 6.45) is 1.65. The molecule has 0 spiro atoms. The monoisotopic (exact) mass is 349 g/mol. The highest BCUT2D eigenvalue weighted by Crippen LogP contribution is 2.11. The second-order valence-electron chi connectivity index (χ2n) is 7.20. The van der Waals surface area contributed by atoms with E-state index in [2.05, 4.69) is 19.2 Å². The number of amides is 1. The number of rotatable bonds is 8. The third-order valence-electron chi connectivity index (χ3n) is 3.87. The molecule has 1 rings (SSSR count). The van der Waals surface area contributed by atoms with Crippen LogP contribution in [0.5, 0.6) is 0 Å². The largest absolute Gasteiger partial charge is 0.464 e. The fourth-order valence-corrected chi connectivity index (χ4v) is 2.32. The van der Waals surface area contributed by atoms with Crippen LogP contribution < -0.4 is 5.32 Å². The first-order chi connectivity index (χ1) is 11.7. The van der Waals surface area contributed by atoms with Crippen molar-refractivity contribution in [2.75, 3.05) is 6.61 Å². The lowest BCUT2D eigenvalue weighted by atomic mass is 10.0. The fraction of sp³-hybridized carbons (Fsp3) is 0.600. The van der Waals surface area contributed by atoms with Gasteiger partial charge in [-0.2, -0.15) is 0 Å². The molecule has 0 radical (unpaired) electrons. The third-order valence-corrected chi connectivity index (χ3v) is 3.87. The van der Waals surface area contributed by atoms with Gasteiger partial charge < -0.3 is 14.8 Å². The van der Waals surface area contributed by atoms with Crippen LogP contribution in [-0.2, 0) is 20.7 Å². The quantitative estimate of drug-likeness (QED) is 0.718. The van der Waals surface area contributed by atoms with Gasteiger partial charge in [-0.3, -0.25) is 0 Å². The summed E-state index contributed by atoms with van der Waals surface area (Å²) in [5.74, 6) is -0.0931. The SMILES string of the molecule is CCC(CC)COC(=O)[C@H](Cc1ccccc1)NC(=O)OC(C)(C)C. The van der Waals surface area contributed by atoms with Crippen molar-refractivity contribution in [2.24, 2.45) is 5.92 Å². The molecule has 5 heteroatoms. The highest BCUT2D eigenvalue weighted by molar-refractivity contribution is 5.81. The predicted octanol–water partition coefficient (Wildman–Crippen LogP) is 4.10. The molecule has 0 saturated heterocycles. The second kappa shape index (κ2) is 10.1. The molecule has 0 aromatic heterocycles. The van der Waals surface area contributed by atoms with Gasteiger partial charge in [0.25, 0.3) is 0 Å². The molecule has 0 saturated carbocycles. The molecule has 0 bridgehead atoms. The lowest BCUT2D eigenvalue weighted by Crippen LogP contribution is -2.45. The molecule has 1 atom stereocenters. The van der Waals surface area contributed by atoms with Gasteiger partial charge in [-0.25, -0.2) is 9.59 Å². The van der Waals surface area contributed by atoms with Crippen LogP contribution >= 0.6 is 0 Å². The summed E-state index contributed by atoms with van der Waals surface area (Å²) >= 11 is 0. The molecular weight excluding hydrogens is 318 g/mol. The maximum atomic E-state index is 12.5. The summed E-state index contributed by atoms with van der Waals surface area (Å²) in [6, 6.07) is 8.76. The summed E-state index contributed by atoms with van der Waals surface area (Å²) in [5.41, 5.74) is 0.323. The van der Waals surface area contributed by atoms with Crippen LogP contribution in [0, 0.1) is 5.92 Å². The van der Waals surface area contributed by atoms with Crippen molar-refractivity contribution in [3.05, 3.63) is 35.9 Å². The topological polar surface area (TPSA) is 64.6 Å². The number of hydrogen-bond acceptors (Lipinski definition) is 4. The molecule has 0 aliphatic rings. The fourth-order valence-electron chi connectivity index (χ4n) is 2.32. The molecule has 0 unspecified atom stereocenters. The summed E-state index contributed by atoms with van der Waals surface area (Å²) in [5, 5.41) is 2.65. The minimum atomic E-state index is -0.772. The van der Waals surface area contributed by atoms with Crippen molar-refractivity contribution in [2.45, 2.75) is 65.5 Å². The van der Waals surface area contributed by atoms with E-state index in [1.54, 1.807) is 20.8 Å². The van der Waals surface area contributed by atoms with Gasteiger partial charge in [0, 0.05) is 6.42 Å². The Labute approximate surface area is 151 Å². The van der Waals surface area contributed by atoms with Crippen LogP contribution in [0.15, 0.2) is 30.3 Å². The van der Waals surface area contributed by atoms with E-state index in [0.29, 0.717) is 18.9 Å². The van der Waals surface area contributed by atoms with Crippen molar-refractivity contribution in [3.8, 4) is 0 Å².